The minimum Gasteiger partial charge on any atom is -1.00 e. The summed E-state index contributed by atoms with van der Waals surface area (Å²) < 4.78 is 1.15. The van der Waals surface area contributed by atoms with Crippen molar-refractivity contribution < 1.29 is 33.3 Å². The van der Waals surface area contributed by atoms with Gasteiger partial charge in [0.25, 0.3) is 0 Å². The number of quaternary nitrogens is 1. The number of piperidine rings is 1. The number of carbonyl (C=O) groups is 1. The van der Waals surface area contributed by atoms with E-state index in [-0.39, 0.29) is 30.0 Å². The Morgan fingerprint density at radius 1 is 1.12 bits per heavy atom. The Morgan fingerprint density at radius 2 is 1.79 bits per heavy atom. The molecule has 2 amide bonds. The fraction of sp³-hybridized carbons (Fsp3) is 0.611. The summed E-state index contributed by atoms with van der Waals surface area (Å²) in [5.41, 5.74) is 0.917. The van der Waals surface area contributed by atoms with Gasteiger partial charge in [0.1, 0.15) is 0 Å². The number of halogens is 2. The lowest BCUT2D eigenvalue weighted by Crippen LogP contribution is -3.00. The minimum absolute atomic E-state index is 0. The molecule has 3 heterocycles. The minimum atomic E-state index is 0. The number of urea groups is 1. The highest BCUT2D eigenvalue weighted by Gasteiger charge is 2.51. The normalized spacial score (nSPS) is 31.3. The Bertz CT molecular complexity index is 622. The van der Waals surface area contributed by atoms with Crippen molar-refractivity contribution in [1.29, 1.82) is 0 Å². The van der Waals surface area contributed by atoms with Crippen molar-refractivity contribution in [3.05, 3.63) is 29.3 Å². The summed E-state index contributed by atoms with van der Waals surface area (Å²) in [4.78, 5) is 16.9. The predicted molar refractivity (Wildman–Crippen MR) is 92.8 cm³/mol. The second-order valence-corrected chi connectivity index (χ2v) is 8.18. The van der Waals surface area contributed by atoms with Crippen LogP contribution in [0.1, 0.15) is 25.7 Å². The van der Waals surface area contributed by atoms with Crippen molar-refractivity contribution in [3.63, 3.8) is 0 Å². The van der Waals surface area contributed by atoms with E-state index >= 15 is 0 Å². The smallest absolute Gasteiger partial charge is 0.324 e. The maximum absolute atomic E-state index is 12.9. The number of amides is 2. The van der Waals surface area contributed by atoms with Crippen molar-refractivity contribution in [3.8, 4) is 0 Å². The van der Waals surface area contributed by atoms with E-state index in [2.05, 4.69) is 19.0 Å². The van der Waals surface area contributed by atoms with Gasteiger partial charge < -0.3 is 33.4 Å². The molecule has 0 aliphatic carbocycles. The molecule has 24 heavy (non-hydrogen) atoms. The van der Waals surface area contributed by atoms with Gasteiger partial charge >= 0.3 is 6.03 Å². The van der Waals surface area contributed by atoms with Crippen LogP contribution < -0.4 is 28.9 Å². The van der Waals surface area contributed by atoms with E-state index in [9.17, 15) is 4.79 Å². The highest BCUT2D eigenvalue weighted by atomic mass is 127. The van der Waals surface area contributed by atoms with Crippen LogP contribution in [0.2, 0.25) is 5.02 Å². The topological polar surface area (TPSA) is 23.6 Å². The summed E-state index contributed by atoms with van der Waals surface area (Å²) in [6, 6.07) is 9.61. The van der Waals surface area contributed by atoms with Crippen LogP contribution in [0, 0.1) is 0 Å². The van der Waals surface area contributed by atoms with Gasteiger partial charge in [-0.15, -0.1) is 0 Å². The van der Waals surface area contributed by atoms with Gasteiger partial charge in [-0.2, -0.15) is 0 Å². The second kappa shape index (κ2) is 6.65. The standard InChI is InChI=1S/C18H25ClN3O.HI/c1-22(2)16-6-7-17(22)12-15(11-16)21-9-8-20(18(21)23)14-5-3-4-13(19)10-14;/h3-5,10,15-17H,6-9,11-12H2,1-2H3;1H/q+1;/p-1/t15?,16-,17+;. The molecule has 0 aromatic heterocycles. The lowest BCUT2D eigenvalue weighted by atomic mass is 9.94. The van der Waals surface area contributed by atoms with Crippen LogP contribution in [0.4, 0.5) is 10.5 Å². The fourth-order valence-electron chi connectivity index (χ4n) is 4.88. The first-order valence-corrected chi connectivity index (χ1v) is 9.01. The Hall–Kier alpha value is -0.530. The van der Waals surface area contributed by atoms with Crippen LogP contribution in [0.25, 0.3) is 0 Å². The molecule has 0 spiro atoms. The molecule has 1 aromatic rings. The average molecular weight is 462 g/mol. The fourth-order valence-corrected chi connectivity index (χ4v) is 5.07. The van der Waals surface area contributed by atoms with E-state index in [1.807, 2.05) is 29.2 Å². The molecule has 6 heteroatoms. The van der Waals surface area contributed by atoms with Crippen molar-refractivity contribution >= 4 is 23.3 Å². The molecule has 3 fully saturated rings. The summed E-state index contributed by atoms with van der Waals surface area (Å²) in [5.74, 6) is 0. The quantitative estimate of drug-likeness (QED) is 0.461. The third-order valence-corrected chi connectivity index (χ3v) is 6.64. The largest absolute Gasteiger partial charge is 1.00 e. The zero-order valence-electron chi connectivity index (χ0n) is 14.3. The summed E-state index contributed by atoms with van der Waals surface area (Å²) in [6.45, 7) is 1.60. The Labute approximate surface area is 166 Å². The molecule has 3 saturated heterocycles. The Kier molecular flexibility index (Phi) is 5.06. The molecular formula is C18H25ClIN3O. The van der Waals surface area contributed by atoms with E-state index in [0.717, 1.165) is 36.1 Å². The first-order chi connectivity index (χ1) is 11.0. The molecule has 2 bridgehead atoms. The van der Waals surface area contributed by atoms with E-state index < -0.39 is 0 Å². The highest BCUT2D eigenvalue weighted by Crippen LogP contribution is 2.42. The van der Waals surface area contributed by atoms with Gasteiger partial charge in [-0.3, -0.25) is 4.90 Å². The van der Waals surface area contributed by atoms with Crippen LogP contribution >= 0.6 is 11.6 Å². The summed E-state index contributed by atoms with van der Waals surface area (Å²) in [6.07, 6.45) is 4.93. The number of nitrogens with zero attached hydrogens (tertiary/aromatic N) is 3. The maximum Gasteiger partial charge on any atom is 0.324 e. The van der Waals surface area contributed by atoms with Gasteiger partial charge in [0.2, 0.25) is 0 Å². The van der Waals surface area contributed by atoms with Crippen molar-refractivity contribution in [2.24, 2.45) is 0 Å². The molecule has 4 nitrogen and oxygen atoms in total. The molecule has 0 radical (unpaired) electrons. The molecule has 4 rings (SSSR count). The van der Waals surface area contributed by atoms with Crippen molar-refractivity contribution in [2.75, 3.05) is 32.1 Å². The number of fused-ring (bicyclic) bond motifs is 2. The van der Waals surface area contributed by atoms with Gasteiger partial charge in [0.15, 0.2) is 0 Å². The average Bonchev–Trinajstić information content (AvgIpc) is 2.90. The maximum atomic E-state index is 12.9. The zero-order chi connectivity index (χ0) is 16.2. The molecule has 1 aromatic carbocycles. The number of benzene rings is 1. The second-order valence-electron chi connectivity index (χ2n) is 7.75. The van der Waals surface area contributed by atoms with E-state index in [1.165, 1.54) is 12.8 Å². The van der Waals surface area contributed by atoms with Gasteiger partial charge in [-0.1, -0.05) is 17.7 Å². The third kappa shape index (κ3) is 2.92. The van der Waals surface area contributed by atoms with E-state index in [1.54, 1.807) is 0 Å². The molecule has 132 valence electrons. The van der Waals surface area contributed by atoms with Crippen LogP contribution in [0.3, 0.4) is 0 Å². The van der Waals surface area contributed by atoms with E-state index in [4.69, 9.17) is 11.6 Å². The van der Waals surface area contributed by atoms with Gasteiger partial charge in [0.05, 0.1) is 26.2 Å². The van der Waals surface area contributed by atoms with Crippen LogP contribution in [-0.2, 0) is 0 Å². The number of anilines is 1. The number of hydrogen-bond acceptors (Lipinski definition) is 1. The monoisotopic (exact) mass is 461 g/mol. The van der Waals surface area contributed by atoms with Gasteiger partial charge in [-0.05, 0) is 18.2 Å². The van der Waals surface area contributed by atoms with Crippen molar-refractivity contribution in [1.82, 2.24) is 4.90 Å². The van der Waals surface area contributed by atoms with Crippen LogP contribution in [0.15, 0.2) is 24.3 Å². The van der Waals surface area contributed by atoms with E-state index in [0.29, 0.717) is 23.1 Å². The molecular weight excluding hydrogens is 437 g/mol. The highest BCUT2D eigenvalue weighted by molar-refractivity contribution is 6.30. The summed E-state index contributed by atoms with van der Waals surface area (Å²) in [7, 11) is 4.73. The number of hydrogen-bond donors (Lipinski definition) is 0. The SMILES string of the molecule is C[N+]1(C)[C@@H]2CC[C@H]1CC(N1CCN(c3cccc(Cl)c3)C1=O)C2.[I-]. The van der Waals surface area contributed by atoms with Crippen LogP contribution in [-0.4, -0.2) is 60.7 Å². The van der Waals surface area contributed by atoms with Crippen LogP contribution in [0.5, 0.6) is 0 Å². The molecule has 3 atom stereocenters. The lowest BCUT2D eigenvalue weighted by Gasteiger charge is -2.46. The first-order valence-electron chi connectivity index (χ1n) is 8.64. The lowest BCUT2D eigenvalue weighted by molar-refractivity contribution is -0.931. The molecule has 3 aliphatic rings. The Morgan fingerprint density at radius 3 is 2.42 bits per heavy atom. The molecule has 1 unspecified atom stereocenters. The van der Waals surface area contributed by atoms with Gasteiger partial charge in [-0.25, -0.2) is 4.79 Å². The molecule has 0 N–H and O–H groups in total. The Balaban J connectivity index is 0.00000169. The number of carbonyl (C=O) groups excluding carboxylic acids is 1. The molecule has 0 saturated carbocycles. The van der Waals surface area contributed by atoms with Gasteiger partial charge in [0, 0.05) is 55.5 Å². The molecule has 3 aliphatic heterocycles. The summed E-state index contributed by atoms with van der Waals surface area (Å²) in [5, 5.41) is 0.684. The predicted octanol–water partition coefficient (Wildman–Crippen LogP) is 0.356. The summed E-state index contributed by atoms with van der Waals surface area (Å²) >= 11 is 6.08. The first kappa shape index (κ1) is 18.3. The third-order valence-electron chi connectivity index (χ3n) is 6.41. The number of rotatable bonds is 2. The van der Waals surface area contributed by atoms with Crippen molar-refractivity contribution in [2.45, 2.75) is 43.8 Å². The zero-order valence-corrected chi connectivity index (χ0v) is 17.2.